The van der Waals surface area contributed by atoms with Gasteiger partial charge < -0.3 is 9.47 Å². The first-order valence-corrected chi connectivity index (χ1v) is 12.4. The standard InChI is InChI=1S/C28H35N3O4/c1-5-35-28(33)22-7-6-14-30(17-22)18-27(32)31-26(21-9-11-23(34-4)12-10-21)16-25(29-31)24-13-8-19(2)15-20(24)3/h8-13,15,22,26H,5-7,14,16-18H2,1-4H3/t22-,26-/m0/s1. The van der Waals surface area contributed by atoms with Gasteiger partial charge in [-0.2, -0.15) is 5.10 Å². The molecule has 2 aliphatic rings. The van der Waals surface area contributed by atoms with E-state index in [4.69, 9.17) is 14.6 Å². The fraction of sp³-hybridized carbons (Fsp3) is 0.464. The Morgan fingerprint density at radius 3 is 2.57 bits per heavy atom. The van der Waals surface area contributed by atoms with Crippen LogP contribution < -0.4 is 4.74 Å². The number of hydrazone groups is 1. The maximum atomic E-state index is 13.6. The molecule has 0 radical (unpaired) electrons. The van der Waals surface area contributed by atoms with Gasteiger partial charge in [-0.05, 0) is 63.4 Å². The first-order valence-electron chi connectivity index (χ1n) is 12.4. The number of amides is 1. The molecular formula is C28H35N3O4. The molecule has 186 valence electrons. The highest BCUT2D eigenvalue weighted by Gasteiger charge is 2.35. The van der Waals surface area contributed by atoms with Gasteiger partial charge in [0.25, 0.3) is 5.91 Å². The van der Waals surface area contributed by atoms with E-state index in [2.05, 4.69) is 36.9 Å². The summed E-state index contributed by atoms with van der Waals surface area (Å²) in [4.78, 5) is 27.9. The van der Waals surface area contributed by atoms with Crippen LogP contribution in [-0.2, 0) is 14.3 Å². The van der Waals surface area contributed by atoms with Gasteiger partial charge in [-0.15, -0.1) is 0 Å². The Balaban J connectivity index is 1.56. The van der Waals surface area contributed by atoms with Gasteiger partial charge in [0.15, 0.2) is 0 Å². The second-order valence-electron chi connectivity index (χ2n) is 9.42. The molecule has 4 rings (SSSR count). The molecule has 0 saturated carbocycles. The van der Waals surface area contributed by atoms with Gasteiger partial charge in [-0.1, -0.05) is 35.9 Å². The topological polar surface area (TPSA) is 71.4 Å². The van der Waals surface area contributed by atoms with Gasteiger partial charge in [-0.3, -0.25) is 14.5 Å². The molecular weight excluding hydrogens is 442 g/mol. The minimum atomic E-state index is -0.185. The molecule has 2 aromatic carbocycles. The fourth-order valence-electron chi connectivity index (χ4n) is 5.04. The van der Waals surface area contributed by atoms with Gasteiger partial charge in [0.1, 0.15) is 5.75 Å². The number of aryl methyl sites for hydroxylation is 2. The zero-order valence-electron chi connectivity index (χ0n) is 21.1. The third-order valence-corrected chi connectivity index (χ3v) is 6.84. The summed E-state index contributed by atoms with van der Waals surface area (Å²) in [5, 5.41) is 6.49. The molecule has 35 heavy (non-hydrogen) atoms. The van der Waals surface area contributed by atoms with Gasteiger partial charge in [-0.25, -0.2) is 5.01 Å². The van der Waals surface area contributed by atoms with E-state index in [9.17, 15) is 9.59 Å². The van der Waals surface area contributed by atoms with Crippen LogP contribution in [0.5, 0.6) is 5.75 Å². The minimum Gasteiger partial charge on any atom is -0.497 e. The molecule has 1 saturated heterocycles. The Morgan fingerprint density at radius 1 is 1.11 bits per heavy atom. The number of carbonyl (C=O) groups is 2. The van der Waals surface area contributed by atoms with Crippen molar-refractivity contribution in [1.82, 2.24) is 9.91 Å². The van der Waals surface area contributed by atoms with Crippen LogP contribution in [0.2, 0.25) is 0 Å². The summed E-state index contributed by atoms with van der Waals surface area (Å²) in [6, 6.07) is 14.0. The van der Waals surface area contributed by atoms with Crippen molar-refractivity contribution < 1.29 is 19.1 Å². The molecule has 0 N–H and O–H groups in total. The lowest BCUT2D eigenvalue weighted by atomic mass is 9.95. The number of esters is 1. The number of piperidine rings is 1. The van der Waals surface area contributed by atoms with Gasteiger partial charge in [0, 0.05) is 18.5 Å². The van der Waals surface area contributed by atoms with Crippen molar-refractivity contribution in [3.63, 3.8) is 0 Å². The molecule has 0 unspecified atom stereocenters. The monoisotopic (exact) mass is 477 g/mol. The van der Waals surface area contributed by atoms with Crippen LogP contribution in [0.15, 0.2) is 47.6 Å². The molecule has 0 aliphatic carbocycles. The highest BCUT2D eigenvalue weighted by atomic mass is 16.5. The Hall–Kier alpha value is -3.19. The number of hydrogen-bond acceptors (Lipinski definition) is 6. The van der Waals surface area contributed by atoms with Crippen molar-refractivity contribution >= 4 is 17.6 Å². The summed E-state index contributed by atoms with van der Waals surface area (Å²) in [6.07, 6.45) is 2.32. The number of ether oxygens (including phenoxy) is 2. The van der Waals surface area contributed by atoms with Gasteiger partial charge in [0.05, 0.1) is 37.9 Å². The quantitative estimate of drug-likeness (QED) is 0.557. The fourth-order valence-corrected chi connectivity index (χ4v) is 5.04. The van der Waals surface area contributed by atoms with E-state index in [0.717, 1.165) is 47.5 Å². The molecule has 2 aliphatic heterocycles. The number of likely N-dealkylation sites (tertiary alicyclic amines) is 1. The number of methoxy groups -OCH3 is 1. The number of rotatable bonds is 7. The predicted molar refractivity (Wildman–Crippen MR) is 135 cm³/mol. The molecule has 2 atom stereocenters. The smallest absolute Gasteiger partial charge is 0.310 e. The molecule has 2 heterocycles. The zero-order chi connectivity index (χ0) is 24.9. The van der Waals surface area contributed by atoms with Crippen LogP contribution in [-0.4, -0.2) is 60.8 Å². The summed E-state index contributed by atoms with van der Waals surface area (Å²) in [5.41, 5.74) is 5.36. The highest BCUT2D eigenvalue weighted by Crippen LogP contribution is 2.34. The molecule has 2 aromatic rings. The van der Waals surface area contributed by atoms with Crippen LogP contribution in [0.25, 0.3) is 0 Å². The van der Waals surface area contributed by atoms with E-state index in [-0.39, 0.29) is 30.4 Å². The second-order valence-corrected chi connectivity index (χ2v) is 9.42. The third-order valence-electron chi connectivity index (χ3n) is 6.84. The Morgan fingerprint density at radius 2 is 1.89 bits per heavy atom. The van der Waals surface area contributed by atoms with Gasteiger partial charge >= 0.3 is 5.97 Å². The van der Waals surface area contributed by atoms with E-state index in [1.54, 1.807) is 12.1 Å². The molecule has 7 nitrogen and oxygen atoms in total. The summed E-state index contributed by atoms with van der Waals surface area (Å²) in [6.45, 7) is 7.91. The summed E-state index contributed by atoms with van der Waals surface area (Å²) >= 11 is 0. The first kappa shape index (κ1) is 24.9. The number of carbonyl (C=O) groups excluding carboxylic acids is 2. The van der Waals surface area contributed by atoms with Crippen molar-refractivity contribution in [3.05, 3.63) is 64.7 Å². The van der Waals surface area contributed by atoms with E-state index < -0.39 is 0 Å². The summed E-state index contributed by atoms with van der Waals surface area (Å²) < 4.78 is 10.5. The average Bonchev–Trinajstić information content (AvgIpc) is 3.30. The maximum Gasteiger partial charge on any atom is 0.310 e. The van der Waals surface area contributed by atoms with Crippen LogP contribution in [0.4, 0.5) is 0 Å². The van der Waals surface area contributed by atoms with Crippen LogP contribution in [0, 0.1) is 19.8 Å². The molecule has 0 spiro atoms. The van der Waals surface area contributed by atoms with Crippen molar-refractivity contribution in [3.8, 4) is 5.75 Å². The van der Waals surface area contributed by atoms with Crippen LogP contribution >= 0.6 is 0 Å². The van der Waals surface area contributed by atoms with E-state index in [1.807, 2.05) is 31.2 Å². The van der Waals surface area contributed by atoms with E-state index in [0.29, 0.717) is 19.6 Å². The molecule has 0 aromatic heterocycles. The highest BCUT2D eigenvalue weighted by molar-refractivity contribution is 6.04. The second kappa shape index (κ2) is 11.0. The van der Waals surface area contributed by atoms with E-state index in [1.165, 1.54) is 5.56 Å². The third kappa shape index (κ3) is 5.73. The molecule has 1 fully saturated rings. The predicted octanol–water partition coefficient (Wildman–Crippen LogP) is 4.26. The number of nitrogens with zero attached hydrogens (tertiary/aromatic N) is 3. The lowest BCUT2D eigenvalue weighted by Crippen LogP contribution is -2.44. The molecule has 1 amide bonds. The van der Waals surface area contributed by atoms with Gasteiger partial charge in [0.2, 0.25) is 0 Å². The molecule has 7 heteroatoms. The average molecular weight is 478 g/mol. The van der Waals surface area contributed by atoms with E-state index >= 15 is 0 Å². The number of hydrogen-bond donors (Lipinski definition) is 0. The van der Waals surface area contributed by atoms with Crippen molar-refractivity contribution in [2.45, 2.75) is 46.1 Å². The van der Waals surface area contributed by atoms with Crippen molar-refractivity contribution in [2.24, 2.45) is 11.0 Å². The normalized spacial score (nSPS) is 20.5. The largest absolute Gasteiger partial charge is 0.497 e. The first-order chi connectivity index (χ1) is 16.9. The Labute approximate surface area is 207 Å². The minimum absolute atomic E-state index is 0.0601. The number of benzene rings is 2. The van der Waals surface area contributed by atoms with Crippen molar-refractivity contribution in [1.29, 1.82) is 0 Å². The Bertz CT molecular complexity index is 1100. The van der Waals surface area contributed by atoms with Crippen LogP contribution in [0.3, 0.4) is 0 Å². The van der Waals surface area contributed by atoms with Crippen LogP contribution in [0.1, 0.15) is 54.5 Å². The summed E-state index contributed by atoms with van der Waals surface area (Å²) in [5.74, 6) is 0.368. The SMILES string of the molecule is CCOC(=O)[C@H]1CCCN(CC(=O)N2N=C(c3ccc(C)cc3C)C[C@H]2c2ccc(OC)cc2)C1. The molecule has 0 bridgehead atoms. The summed E-state index contributed by atoms with van der Waals surface area (Å²) in [7, 11) is 1.64. The zero-order valence-corrected chi connectivity index (χ0v) is 21.1. The lowest BCUT2D eigenvalue weighted by molar-refractivity contribution is -0.150. The Kier molecular flexibility index (Phi) is 7.86. The maximum absolute atomic E-state index is 13.6. The lowest BCUT2D eigenvalue weighted by Gasteiger charge is -2.32. The van der Waals surface area contributed by atoms with Crippen molar-refractivity contribution in [2.75, 3.05) is 33.4 Å².